The molecule has 0 atom stereocenters. The first-order valence-electron chi connectivity index (χ1n) is 8.89. The highest BCUT2D eigenvalue weighted by Crippen LogP contribution is 2.25. The fraction of sp³-hybridized carbons (Fsp3) is 0.368. The van der Waals surface area contributed by atoms with Crippen molar-refractivity contribution in [2.75, 3.05) is 13.1 Å². The van der Waals surface area contributed by atoms with Gasteiger partial charge in [0.05, 0.1) is 5.75 Å². The number of carbonyl (C=O) groups is 1. The van der Waals surface area contributed by atoms with E-state index in [-0.39, 0.29) is 5.91 Å². The summed E-state index contributed by atoms with van der Waals surface area (Å²) in [7, 11) is 0. The number of hydrogen-bond donors (Lipinski definition) is 0. The summed E-state index contributed by atoms with van der Waals surface area (Å²) in [5.41, 5.74) is 2.55. The Morgan fingerprint density at radius 3 is 2.52 bits per heavy atom. The molecular formula is C19H23N5O2S. The Bertz CT molecular complexity index is 913. The van der Waals surface area contributed by atoms with E-state index in [1.807, 2.05) is 37.5 Å². The second-order valence-electron chi connectivity index (χ2n) is 6.09. The van der Waals surface area contributed by atoms with E-state index in [9.17, 15) is 4.79 Å². The van der Waals surface area contributed by atoms with Crippen LogP contribution in [-0.2, 0) is 5.75 Å². The van der Waals surface area contributed by atoms with Gasteiger partial charge in [0, 0.05) is 18.8 Å². The molecule has 0 radical (unpaired) electrons. The first kappa shape index (κ1) is 19.2. The maximum atomic E-state index is 12.3. The van der Waals surface area contributed by atoms with Crippen LogP contribution >= 0.6 is 11.8 Å². The van der Waals surface area contributed by atoms with Crippen molar-refractivity contribution in [2.45, 2.75) is 38.6 Å². The number of nitrogens with zero attached hydrogens (tertiary/aromatic N) is 5. The van der Waals surface area contributed by atoms with Gasteiger partial charge in [-0.25, -0.2) is 4.98 Å². The zero-order chi connectivity index (χ0) is 19.4. The van der Waals surface area contributed by atoms with Crippen LogP contribution in [0.5, 0.6) is 0 Å². The Morgan fingerprint density at radius 1 is 1.15 bits per heavy atom. The first-order valence-corrected chi connectivity index (χ1v) is 9.87. The van der Waals surface area contributed by atoms with Gasteiger partial charge in [-0.2, -0.15) is 0 Å². The SMILES string of the molecule is CCN(CC)C(=O)c1coc(CSc2nnc(C)n2-c2ccc(C)cc2)n1. The summed E-state index contributed by atoms with van der Waals surface area (Å²) in [4.78, 5) is 18.4. The second-order valence-corrected chi connectivity index (χ2v) is 7.04. The lowest BCUT2D eigenvalue weighted by atomic mass is 10.2. The van der Waals surface area contributed by atoms with E-state index in [1.54, 1.807) is 4.90 Å². The van der Waals surface area contributed by atoms with Gasteiger partial charge < -0.3 is 9.32 Å². The lowest BCUT2D eigenvalue weighted by Crippen LogP contribution is -2.30. The van der Waals surface area contributed by atoms with Crippen LogP contribution in [0.4, 0.5) is 0 Å². The number of carbonyl (C=O) groups excluding carboxylic acids is 1. The number of rotatable bonds is 7. The zero-order valence-corrected chi connectivity index (χ0v) is 16.8. The highest BCUT2D eigenvalue weighted by molar-refractivity contribution is 7.98. The molecule has 0 aliphatic heterocycles. The number of aryl methyl sites for hydroxylation is 2. The molecule has 0 aliphatic carbocycles. The van der Waals surface area contributed by atoms with Crippen LogP contribution in [0.1, 0.15) is 41.6 Å². The second kappa shape index (κ2) is 8.39. The number of benzene rings is 1. The number of thioether (sulfide) groups is 1. The molecule has 0 aliphatic rings. The smallest absolute Gasteiger partial charge is 0.275 e. The Hall–Kier alpha value is -2.61. The van der Waals surface area contributed by atoms with E-state index in [0.717, 1.165) is 16.7 Å². The first-order chi connectivity index (χ1) is 13.0. The molecule has 8 heteroatoms. The summed E-state index contributed by atoms with van der Waals surface area (Å²) in [6.45, 7) is 9.15. The van der Waals surface area contributed by atoms with Gasteiger partial charge in [0.1, 0.15) is 12.1 Å². The predicted octanol–water partition coefficient (Wildman–Crippen LogP) is 3.65. The Labute approximate surface area is 162 Å². The maximum absolute atomic E-state index is 12.3. The van der Waals surface area contributed by atoms with E-state index in [2.05, 4.69) is 34.2 Å². The molecule has 1 amide bonds. The third kappa shape index (κ3) is 4.21. The van der Waals surface area contributed by atoms with E-state index in [4.69, 9.17) is 4.42 Å². The van der Waals surface area contributed by atoms with Gasteiger partial charge in [-0.05, 0) is 39.8 Å². The molecule has 2 aromatic heterocycles. The van der Waals surface area contributed by atoms with Gasteiger partial charge in [0.2, 0.25) is 5.89 Å². The van der Waals surface area contributed by atoms with Gasteiger partial charge in [0.15, 0.2) is 10.9 Å². The van der Waals surface area contributed by atoms with Crippen LogP contribution in [0.3, 0.4) is 0 Å². The van der Waals surface area contributed by atoms with Crippen molar-refractivity contribution < 1.29 is 9.21 Å². The molecule has 0 bridgehead atoms. The van der Waals surface area contributed by atoms with Gasteiger partial charge >= 0.3 is 0 Å². The Kier molecular flexibility index (Phi) is 5.95. The minimum atomic E-state index is -0.112. The summed E-state index contributed by atoms with van der Waals surface area (Å²) in [5, 5.41) is 9.20. The van der Waals surface area contributed by atoms with Crippen LogP contribution < -0.4 is 0 Å². The van der Waals surface area contributed by atoms with Crippen LogP contribution in [0.2, 0.25) is 0 Å². The molecule has 27 heavy (non-hydrogen) atoms. The van der Waals surface area contributed by atoms with Crippen molar-refractivity contribution in [3.05, 3.63) is 53.5 Å². The molecule has 3 rings (SSSR count). The van der Waals surface area contributed by atoms with Crippen LogP contribution in [0.15, 0.2) is 40.1 Å². The normalized spacial score (nSPS) is 11.0. The van der Waals surface area contributed by atoms with Crippen molar-refractivity contribution in [3.8, 4) is 5.69 Å². The summed E-state index contributed by atoms with van der Waals surface area (Å²) in [6, 6.07) is 8.20. The largest absolute Gasteiger partial charge is 0.447 e. The van der Waals surface area contributed by atoms with Gasteiger partial charge in [-0.1, -0.05) is 29.5 Å². The van der Waals surface area contributed by atoms with Crippen LogP contribution in [0.25, 0.3) is 5.69 Å². The summed E-state index contributed by atoms with van der Waals surface area (Å²) >= 11 is 1.47. The van der Waals surface area contributed by atoms with E-state index >= 15 is 0 Å². The van der Waals surface area contributed by atoms with Crippen molar-refractivity contribution >= 4 is 17.7 Å². The third-order valence-corrected chi connectivity index (χ3v) is 5.15. The van der Waals surface area contributed by atoms with Gasteiger partial charge in [-0.3, -0.25) is 9.36 Å². The molecule has 142 valence electrons. The monoisotopic (exact) mass is 385 g/mol. The highest BCUT2D eigenvalue weighted by Gasteiger charge is 2.18. The zero-order valence-electron chi connectivity index (χ0n) is 16.0. The molecule has 0 N–H and O–H groups in total. The summed E-state index contributed by atoms with van der Waals surface area (Å²) < 4.78 is 7.47. The van der Waals surface area contributed by atoms with Gasteiger partial charge in [0.25, 0.3) is 5.91 Å². The molecular weight excluding hydrogens is 362 g/mol. The average Bonchev–Trinajstić information content (AvgIpc) is 3.28. The van der Waals surface area contributed by atoms with Crippen LogP contribution in [0, 0.1) is 13.8 Å². The fourth-order valence-corrected chi connectivity index (χ4v) is 3.55. The standard InChI is InChI=1S/C19H23N5O2S/c1-5-23(6-2)18(25)16-11-26-17(20-16)12-27-19-22-21-14(4)24(19)15-9-7-13(3)8-10-15/h7-11H,5-6,12H2,1-4H3. The van der Waals surface area contributed by atoms with Gasteiger partial charge in [-0.15, -0.1) is 10.2 Å². The molecule has 0 saturated carbocycles. The molecule has 7 nitrogen and oxygen atoms in total. The van der Waals surface area contributed by atoms with Crippen LogP contribution in [-0.4, -0.2) is 43.6 Å². The Balaban J connectivity index is 1.73. The number of hydrogen-bond acceptors (Lipinski definition) is 6. The third-order valence-electron chi connectivity index (χ3n) is 4.23. The molecule has 1 aromatic carbocycles. The lowest BCUT2D eigenvalue weighted by molar-refractivity contribution is 0.0767. The average molecular weight is 385 g/mol. The molecule has 0 spiro atoms. The molecule has 0 unspecified atom stereocenters. The lowest BCUT2D eigenvalue weighted by Gasteiger charge is -2.16. The predicted molar refractivity (Wildman–Crippen MR) is 104 cm³/mol. The Morgan fingerprint density at radius 2 is 1.85 bits per heavy atom. The maximum Gasteiger partial charge on any atom is 0.275 e. The molecule has 0 fully saturated rings. The van der Waals surface area contributed by atoms with E-state index in [1.165, 1.54) is 23.6 Å². The highest BCUT2D eigenvalue weighted by atomic mass is 32.2. The quantitative estimate of drug-likeness (QED) is 0.578. The molecule has 3 aromatic rings. The van der Waals surface area contributed by atoms with Crippen molar-refractivity contribution in [1.29, 1.82) is 0 Å². The number of oxazole rings is 1. The molecule has 2 heterocycles. The topological polar surface area (TPSA) is 77.0 Å². The summed E-state index contributed by atoms with van der Waals surface area (Å²) in [6.07, 6.45) is 1.42. The van der Waals surface area contributed by atoms with Crippen molar-refractivity contribution in [3.63, 3.8) is 0 Å². The summed E-state index contributed by atoms with van der Waals surface area (Å²) in [5.74, 6) is 1.66. The number of amides is 1. The van der Waals surface area contributed by atoms with Crippen molar-refractivity contribution in [2.24, 2.45) is 0 Å². The minimum absolute atomic E-state index is 0.112. The number of aromatic nitrogens is 4. The minimum Gasteiger partial charge on any atom is -0.447 e. The van der Waals surface area contributed by atoms with E-state index < -0.39 is 0 Å². The van der Waals surface area contributed by atoms with Crippen molar-refractivity contribution in [1.82, 2.24) is 24.6 Å². The fourth-order valence-electron chi connectivity index (χ4n) is 2.70. The van der Waals surface area contributed by atoms with E-state index in [0.29, 0.717) is 30.4 Å². The molecule has 0 saturated heterocycles.